The van der Waals surface area contributed by atoms with Crippen molar-refractivity contribution in [2.24, 2.45) is 5.92 Å². The van der Waals surface area contributed by atoms with Gasteiger partial charge < -0.3 is 30.0 Å². The maximum Gasteiger partial charge on any atom is 0.414 e. The molecule has 264 valence electrons. The van der Waals surface area contributed by atoms with Crippen molar-refractivity contribution in [2.75, 3.05) is 37.6 Å². The molecule has 4 N–H and O–H groups in total. The fourth-order valence-corrected chi connectivity index (χ4v) is 7.12. The molecule has 1 amide bonds. The molecule has 4 heterocycles. The lowest BCUT2D eigenvalue weighted by molar-refractivity contribution is -0.0311. The van der Waals surface area contributed by atoms with Crippen molar-refractivity contribution in [1.29, 1.82) is 0 Å². The van der Waals surface area contributed by atoms with Gasteiger partial charge in [-0.2, -0.15) is 0 Å². The molecule has 8 rings (SSSR count). The molecule has 3 fully saturated rings. The molecule has 0 radical (unpaired) electrons. The van der Waals surface area contributed by atoms with Gasteiger partial charge in [0.1, 0.15) is 24.2 Å². The second-order valence-electron chi connectivity index (χ2n) is 13.5. The van der Waals surface area contributed by atoms with Gasteiger partial charge in [-0.25, -0.2) is 4.79 Å². The number of hydrogen-bond acceptors (Lipinski definition) is 8. The Morgan fingerprint density at radius 2 is 1.71 bits per heavy atom. The number of benzene rings is 4. The number of rotatable bonds is 13. The molecule has 0 spiro atoms. The number of H-pyrrole nitrogens is 1. The van der Waals surface area contributed by atoms with E-state index in [1.165, 1.54) is 12.1 Å². The molecule has 10 heteroatoms. The van der Waals surface area contributed by atoms with Gasteiger partial charge in [-0.15, -0.1) is 0 Å². The molecule has 10 nitrogen and oxygen atoms in total. The SMILES string of the molecule is O=C(O[C@H]1CN2CCC1CC2)N(Cc1cccc(OCc2ccc(CCNC[C@H](O)c3ccc(O)c4[nH]c(=O)ccc34)cc2)c1)c1ccccc1. The number of aliphatic hydroxyl groups is 1. The molecule has 2 bridgehead atoms. The van der Waals surface area contributed by atoms with E-state index < -0.39 is 6.10 Å². The fraction of sp³-hybridized carbons (Fsp3) is 0.317. The molecule has 4 aromatic carbocycles. The van der Waals surface area contributed by atoms with Crippen LogP contribution in [0.25, 0.3) is 10.9 Å². The number of para-hydroxylation sites is 1. The third kappa shape index (κ3) is 8.42. The molecule has 3 aliphatic rings. The summed E-state index contributed by atoms with van der Waals surface area (Å²) in [6, 6.07) is 32.0. The van der Waals surface area contributed by atoms with Gasteiger partial charge >= 0.3 is 6.09 Å². The minimum absolute atomic E-state index is 0.0300. The second kappa shape index (κ2) is 15.8. The normalized spacial score (nSPS) is 18.7. The van der Waals surface area contributed by atoms with Crippen LogP contribution in [0.5, 0.6) is 11.5 Å². The largest absolute Gasteiger partial charge is 0.506 e. The van der Waals surface area contributed by atoms with Crippen molar-refractivity contribution in [3.63, 3.8) is 0 Å². The molecule has 3 aliphatic heterocycles. The molecule has 2 atom stereocenters. The van der Waals surface area contributed by atoms with E-state index in [0.717, 1.165) is 67.0 Å². The number of hydrogen-bond donors (Lipinski definition) is 4. The number of aliphatic hydroxyl groups excluding tert-OH is 1. The highest BCUT2D eigenvalue weighted by atomic mass is 16.6. The number of aromatic amines is 1. The summed E-state index contributed by atoms with van der Waals surface area (Å²) in [5.74, 6) is 1.14. The second-order valence-corrected chi connectivity index (χ2v) is 13.5. The number of carbonyl (C=O) groups is 1. The molecule has 51 heavy (non-hydrogen) atoms. The van der Waals surface area contributed by atoms with Crippen molar-refractivity contribution < 1.29 is 24.5 Å². The molecular formula is C41H44N4O6. The number of carbonyl (C=O) groups excluding carboxylic acids is 1. The molecular weight excluding hydrogens is 644 g/mol. The van der Waals surface area contributed by atoms with E-state index in [1.54, 1.807) is 17.0 Å². The van der Waals surface area contributed by atoms with Gasteiger partial charge in [-0.1, -0.05) is 60.7 Å². The van der Waals surface area contributed by atoms with Crippen LogP contribution in [0.2, 0.25) is 0 Å². The van der Waals surface area contributed by atoms with E-state index >= 15 is 0 Å². The van der Waals surface area contributed by atoms with Crippen LogP contribution >= 0.6 is 0 Å². The Bertz CT molecular complexity index is 1990. The summed E-state index contributed by atoms with van der Waals surface area (Å²) in [6.45, 7) is 4.77. The van der Waals surface area contributed by atoms with Crippen LogP contribution in [0.15, 0.2) is 108 Å². The highest BCUT2D eigenvalue weighted by Crippen LogP contribution is 2.31. The van der Waals surface area contributed by atoms with E-state index in [0.29, 0.717) is 48.6 Å². The number of fused-ring (bicyclic) bond motifs is 4. The van der Waals surface area contributed by atoms with Crippen LogP contribution < -0.4 is 20.5 Å². The van der Waals surface area contributed by atoms with Gasteiger partial charge in [0, 0.05) is 30.2 Å². The van der Waals surface area contributed by atoms with Crippen molar-refractivity contribution in [1.82, 2.24) is 15.2 Å². The van der Waals surface area contributed by atoms with Crippen molar-refractivity contribution in [3.05, 3.63) is 136 Å². The lowest BCUT2D eigenvalue weighted by Crippen LogP contribution is -2.53. The zero-order valence-electron chi connectivity index (χ0n) is 28.5. The van der Waals surface area contributed by atoms with Crippen LogP contribution in [0, 0.1) is 5.92 Å². The fourth-order valence-electron chi connectivity index (χ4n) is 7.12. The van der Waals surface area contributed by atoms with Gasteiger partial charge in [-0.3, -0.25) is 14.6 Å². The Morgan fingerprint density at radius 1 is 0.922 bits per heavy atom. The number of pyridine rings is 1. The van der Waals surface area contributed by atoms with Gasteiger partial charge in [0.2, 0.25) is 5.56 Å². The minimum Gasteiger partial charge on any atom is -0.506 e. The monoisotopic (exact) mass is 688 g/mol. The Morgan fingerprint density at radius 3 is 2.47 bits per heavy atom. The van der Waals surface area contributed by atoms with Crippen LogP contribution in [-0.4, -0.2) is 65.0 Å². The maximum atomic E-state index is 13.6. The van der Waals surface area contributed by atoms with Gasteiger partial charge in [0.05, 0.1) is 18.2 Å². The molecule has 0 aliphatic carbocycles. The zero-order valence-corrected chi connectivity index (χ0v) is 28.5. The summed E-state index contributed by atoms with van der Waals surface area (Å²) < 4.78 is 12.3. The summed E-state index contributed by atoms with van der Waals surface area (Å²) in [5, 5.41) is 24.8. The molecule has 0 saturated carbocycles. The summed E-state index contributed by atoms with van der Waals surface area (Å²) >= 11 is 0. The highest BCUT2D eigenvalue weighted by Gasteiger charge is 2.37. The molecule has 5 aromatic rings. The number of nitrogens with zero attached hydrogens (tertiary/aromatic N) is 2. The third-order valence-corrected chi connectivity index (χ3v) is 10.00. The van der Waals surface area contributed by atoms with Crippen LogP contribution in [0.4, 0.5) is 10.5 Å². The number of phenolic OH excluding ortho intramolecular Hbond substituents is 1. The van der Waals surface area contributed by atoms with Crippen molar-refractivity contribution in [3.8, 4) is 11.5 Å². The topological polar surface area (TPSA) is 127 Å². The Kier molecular flexibility index (Phi) is 10.6. The van der Waals surface area contributed by atoms with E-state index in [9.17, 15) is 19.8 Å². The lowest BCUT2D eigenvalue weighted by atomic mass is 9.86. The Balaban J connectivity index is 0.901. The Labute approximate surface area is 297 Å². The van der Waals surface area contributed by atoms with Crippen LogP contribution in [-0.2, 0) is 24.3 Å². The first-order valence-electron chi connectivity index (χ1n) is 17.7. The first-order valence-corrected chi connectivity index (χ1v) is 17.7. The smallest absolute Gasteiger partial charge is 0.414 e. The van der Waals surface area contributed by atoms with E-state index in [4.69, 9.17) is 9.47 Å². The predicted molar refractivity (Wildman–Crippen MR) is 197 cm³/mol. The predicted octanol–water partition coefficient (Wildman–Crippen LogP) is 5.92. The summed E-state index contributed by atoms with van der Waals surface area (Å²) in [6.07, 6.45) is 1.76. The average molecular weight is 689 g/mol. The van der Waals surface area contributed by atoms with E-state index in [2.05, 4.69) is 39.5 Å². The number of piperidine rings is 3. The van der Waals surface area contributed by atoms with Gasteiger partial charge in [0.15, 0.2) is 0 Å². The molecule has 1 aromatic heterocycles. The number of aromatic nitrogens is 1. The van der Waals surface area contributed by atoms with E-state index in [1.807, 2.05) is 54.6 Å². The van der Waals surface area contributed by atoms with Gasteiger partial charge in [0.25, 0.3) is 0 Å². The van der Waals surface area contributed by atoms with Crippen LogP contribution in [0.3, 0.4) is 0 Å². The van der Waals surface area contributed by atoms with Crippen molar-refractivity contribution in [2.45, 2.75) is 44.6 Å². The zero-order chi connectivity index (χ0) is 35.2. The minimum atomic E-state index is -0.803. The first-order chi connectivity index (χ1) is 24.9. The molecule has 0 unspecified atom stereocenters. The quantitative estimate of drug-likeness (QED) is 0.112. The Hall–Kier alpha value is -5.16. The average Bonchev–Trinajstić information content (AvgIpc) is 3.16. The maximum absolute atomic E-state index is 13.6. The summed E-state index contributed by atoms with van der Waals surface area (Å²) in [7, 11) is 0. The number of aromatic hydroxyl groups is 1. The standard InChI is InChI=1S/C41H44N4O6/c46-36-15-13-34(35-14-16-39(48)43-40(35)36)37(47)24-42-20-17-28-9-11-29(12-10-28)27-50-33-8-4-5-30(23-33)25-45(32-6-2-1-3-7-32)41(49)51-38-26-44-21-18-31(38)19-22-44/h1-16,23,31,37-38,42,46-47H,17-22,24-27H2,(H,43,48)/t37-,38-/m0/s1. The summed E-state index contributed by atoms with van der Waals surface area (Å²) in [4.78, 5) is 32.0. The number of nitrogens with one attached hydrogen (secondary N) is 2. The number of ether oxygens (including phenoxy) is 2. The third-order valence-electron chi connectivity index (χ3n) is 10.00. The number of anilines is 1. The van der Waals surface area contributed by atoms with Crippen LogP contribution in [0.1, 0.15) is 41.2 Å². The number of phenols is 1. The van der Waals surface area contributed by atoms with E-state index in [-0.39, 0.29) is 23.5 Å². The van der Waals surface area contributed by atoms with Crippen molar-refractivity contribution >= 4 is 22.7 Å². The number of amides is 1. The lowest BCUT2D eigenvalue weighted by Gasteiger charge is -2.44. The summed E-state index contributed by atoms with van der Waals surface area (Å²) in [5.41, 5.74) is 4.59. The first kappa shape index (κ1) is 34.3. The molecule has 3 saturated heterocycles. The van der Waals surface area contributed by atoms with Gasteiger partial charge in [-0.05, 0) is 103 Å². The highest BCUT2D eigenvalue weighted by molar-refractivity contribution is 5.88.